The van der Waals surface area contributed by atoms with Crippen LogP contribution in [0.1, 0.15) is 19.0 Å². The number of nitrogens with one attached hydrogen (secondary N) is 2. The summed E-state index contributed by atoms with van der Waals surface area (Å²) in [7, 11) is -2.00. The Kier molecular flexibility index (Phi) is 4.59. The highest BCUT2D eigenvalue weighted by Crippen LogP contribution is 2.21. The van der Waals surface area contributed by atoms with Crippen molar-refractivity contribution >= 4 is 20.9 Å². The molecule has 128 valence electrons. The van der Waals surface area contributed by atoms with E-state index in [9.17, 15) is 8.42 Å². The molecule has 0 radical (unpaired) electrons. The summed E-state index contributed by atoms with van der Waals surface area (Å²) in [6, 6.07) is 9.08. The number of sulfonamides is 1. The largest absolute Gasteiger partial charge is 0.497 e. The molecule has 0 fully saturated rings. The molecule has 0 aliphatic rings. The van der Waals surface area contributed by atoms with E-state index in [2.05, 4.69) is 14.8 Å². The summed E-state index contributed by atoms with van der Waals surface area (Å²) in [5.74, 6) is 0.761. The summed E-state index contributed by atoms with van der Waals surface area (Å²) in [5, 5.41) is 5.21. The van der Waals surface area contributed by atoms with Crippen LogP contribution >= 0.6 is 0 Å². The number of hydrogen-bond acceptors (Lipinski definition) is 4. The average Bonchev–Trinajstić information content (AvgIpc) is 3.19. The summed E-state index contributed by atoms with van der Waals surface area (Å²) >= 11 is 0. The average molecular weight is 348 g/mol. The molecule has 8 heteroatoms. The maximum Gasteiger partial charge on any atom is 0.258 e. The number of aromatic nitrogens is 3. The van der Waals surface area contributed by atoms with Crippen LogP contribution in [0.25, 0.3) is 10.9 Å². The molecule has 2 N–H and O–H groups in total. The molecule has 2 heterocycles. The van der Waals surface area contributed by atoms with Gasteiger partial charge in [0.15, 0.2) is 5.03 Å². The minimum Gasteiger partial charge on any atom is -0.497 e. The van der Waals surface area contributed by atoms with Gasteiger partial charge in [-0.1, -0.05) is 6.92 Å². The lowest BCUT2D eigenvalue weighted by molar-refractivity contribution is 0.415. The first-order valence-corrected chi connectivity index (χ1v) is 9.19. The summed E-state index contributed by atoms with van der Waals surface area (Å²) in [4.78, 5) is 3.20. The van der Waals surface area contributed by atoms with Crippen LogP contribution in [-0.2, 0) is 23.1 Å². The van der Waals surface area contributed by atoms with Crippen molar-refractivity contribution in [1.82, 2.24) is 19.5 Å². The molecule has 0 aliphatic heterocycles. The van der Waals surface area contributed by atoms with Crippen molar-refractivity contribution in [3.8, 4) is 5.75 Å². The molecule has 7 nitrogen and oxygen atoms in total. The van der Waals surface area contributed by atoms with Gasteiger partial charge in [0.05, 0.1) is 19.9 Å². The number of fused-ring (bicyclic) bond motifs is 1. The predicted octanol–water partition coefficient (Wildman–Crippen LogP) is 2.26. The van der Waals surface area contributed by atoms with Gasteiger partial charge < -0.3 is 9.72 Å². The Bertz CT molecular complexity index is 943. The van der Waals surface area contributed by atoms with E-state index in [1.165, 1.54) is 16.9 Å². The van der Waals surface area contributed by atoms with Crippen LogP contribution < -0.4 is 9.46 Å². The second-order valence-corrected chi connectivity index (χ2v) is 7.18. The minimum atomic E-state index is -3.61. The number of nitrogens with zero attached hydrogens (tertiary/aromatic N) is 2. The molecule has 0 spiro atoms. The van der Waals surface area contributed by atoms with Gasteiger partial charge in [0.1, 0.15) is 5.75 Å². The molecular formula is C16H20N4O3S. The molecule has 0 saturated carbocycles. The van der Waals surface area contributed by atoms with Crippen LogP contribution in [0.2, 0.25) is 0 Å². The van der Waals surface area contributed by atoms with E-state index in [1.807, 2.05) is 31.2 Å². The van der Waals surface area contributed by atoms with Crippen LogP contribution in [0.15, 0.2) is 41.6 Å². The van der Waals surface area contributed by atoms with Crippen molar-refractivity contribution in [3.05, 3.63) is 42.2 Å². The lowest BCUT2D eigenvalue weighted by Crippen LogP contribution is -2.26. The highest BCUT2D eigenvalue weighted by Gasteiger charge is 2.19. The molecular weight excluding hydrogens is 328 g/mol. The van der Waals surface area contributed by atoms with Crippen LogP contribution in [0.4, 0.5) is 0 Å². The van der Waals surface area contributed by atoms with E-state index >= 15 is 0 Å². The number of aryl methyl sites for hydroxylation is 1. The van der Waals surface area contributed by atoms with Crippen LogP contribution in [0.5, 0.6) is 5.75 Å². The van der Waals surface area contributed by atoms with Gasteiger partial charge in [-0.3, -0.25) is 4.68 Å². The van der Waals surface area contributed by atoms with Gasteiger partial charge in [-0.05, 0) is 36.8 Å². The molecule has 24 heavy (non-hydrogen) atoms. The Morgan fingerprint density at radius 3 is 2.88 bits per heavy atom. The third-order valence-electron chi connectivity index (χ3n) is 3.72. The molecule has 0 atom stereocenters. The number of aromatic amines is 1. The van der Waals surface area contributed by atoms with Crippen molar-refractivity contribution < 1.29 is 13.2 Å². The fourth-order valence-corrected chi connectivity index (χ4v) is 3.72. The normalized spacial score (nSPS) is 11.9. The summed E-state index contributed by atoms with van der Waals surface area (Å²) in [5.41, 5.74) is 1.71. The fourth-order valence-electron chi connectivity index (χ4n) is 2.57. The zero-order chi connectivity index (χ0) is 17.2. The number of methoxy groups -OCH3 is 1. The van der Waals surface area contributed by atoms with Crippen molar-refractivity contribution in [3.63, 3.8) is 0 Å². The van der Waals surface area contributed by atoms with Gasteiger partial charge in [0.2, 0.25) is 0 Å². The van der Waals surface area contributed by atoms with Gasteiger partial charge in [-0.25, -0.2) is 13.1 Å². The molecule has 0 aliphatic carbocycles. The Morgan fingerprint density at radius 2 is 2.12 bits per heavy atom. The van der Waals surface area contributed by atoms with Crippen molar-refractivity contribution in [2.24, 2.45) is 0 Å². The molecule has 0 amide bonds. The van der Waals surface area contributed by atoms with Crippen molar-refractivity contribution in [2.45, 2.75) is 31.5 Å². The summed E-state index contributed by atoms with van der Waals surface area (Å²) in [6.07, 6.45) is 2.31. The third-order valence-corrected chi connectivity index (χ3v) is 5.15. The molecule has 2 aromatic heterocycles. The molecule has 1 aromatic carbocycles. The highest BCUT2D eigenvalue weighted by atomic mass is 32.2. The SMILES string of the molecule is CCCn1nccc1S(=O)(=O)NCc1cc2cc(OC)ccc2[nH]1. The maximum atomic E-state index is 12.5. The standard InChI is InChI=1S/C16H20N4O3S/c1-3-8-20-16(6-7-17-20)24(21,22)18-11-13-9-12-10-14(23-2)4-5-15(12)19-13/h4-7,9-10,18-19H,3,8,11H2,1-2H3. The molecule has 0 saturated heterocycles. The first-order chi connectivity index (χ1) is 11.5. The van der Waals surface area contributed by atoms with E-state index in [0.717, 1.165) is 28.8 Å². The lowest BCUT2D eigenvalue weighted by Gasteiger charge is -2.08. The number of ether oxygens (including phenoxy) is 1. The quantitative estimate of drug-likeness (QED) is 0.685. The number of hydrogen-bond donors (Lipinski definition) is 2. The van der Waals surface area contributed by atoms with E-state index in [-0.39, 0.29) is 11.6 Å². The monoisotopic (exact) mass is 348 g/mol. The number of benzene rings is 1. The molecule has 0 bridgehead atoms. The predicted molar refractivity (Wildman–Crippen MR) is 91.4 cm³/mol. The second-order valence-electron chi connectivity index (χ2n) is 5.46. The zero-order valence-electron chi connectivity index (χ0n) is 13.6. The zero-order valence-corrected chi connectivity index (χ0v) is 14.4. The van der Waals surface area contributed by atoms with Gasteiger partial charge in [0.25, 0.3) is 10.0 Å². The van der Waals surface area contributed by atoms with Crippen LogP contribution in [-0.4, -0.2) is 30.3 Å². The van der Waals surface area contributed by atoms with E-state index in [1.54, 1.807) is 7.11 Å². The van der Waals surface area contributed by atoms with E-state index in [4.69, 9.17) is 4.74 Å². The molecule has 3 aromatic rings. The van der Waals surface area contributed by atoms with Gasteiger partial charge in [-0.2, -0.15) is 5.10 Å². The van der Waals surface area contributed by atoms with Crippen LogP contribution in [0, 0.1) is 0 Å². The summed E-state index contributed by atoms with van der Waals surface area (Å²) in [6.45, 7) is 2.72. The number of rotatable bonds is 7. The van der Waals surface area contributed by atoms with Gasteiger partial charge in [-0.15, -0.1) is 0 Å². The van der Waals surface area contributed by atoms with Crippen molar-refractivity contribution in [2.75, 3.05) is 7.11 Å². The van der Waals surface area contributed by atoms with E-state index in [0.29, 0.717) is 6.54 Å². The second kappa shape index (κ2) is 6.66. The topological polar surface area (TPSA) is 89.0 Å². The molecule has 0 unspecified atom stereocenters. The minimum absolute atomic E-state index is 0.177. The Labute approximate surface area is 140 Å². The van der Waals surface area contributed by atoms with Gasteiger partial charge in [0, 0.05) is 23.1 Å². The van der Waals surface area contributed by atoms with E-state index < -0.39 is 10.0 Å². The summed E-state index contributed by atoms with van der Waals surface area (Å²) < 4.78 is 34.3. The fraction of sp³-hybridized carbons (Fsp3) is 0.312. The van der Waals surface area contributed by atoms with Gasteiger partial charge >= 0.3 is 0 Å². The molecule has 3 rings (SSSR count). The maximum absolute atomic E-state index is 12.5. The smallest absolute Gasteiger partial charge is 0.258 e. The first kappa shape index (κ1) is 16.5. The van der Waals surface area contributed by atoms with Crippen molar-refractivity contribution in [1.29, 1.82) is 0 Å². The Balaban J connectivity index is 1.78. The Hall–Kier alpha value is -2.32. The lowest BCUT2D eigenvalue weighted by atomic mass is 10.2. The third kappa shape index (κ3) is 3.29. The first-order valence-electron chi connectivity index (χ1n) is 7.70. The Morgan fingerprint density at radius 1 is 1.29 bits per heavy atom. The number of H-pyrrole nitrogens is 1. The van der Waals surface area contributed by atoms with Crippen LogP contribution in [0.3, 0.4) is 0 Å². The highest BCUT2D eigenvalue weighted by molar-refractivity contribution is 7.89.